The number of amides is 1. The topological polar surface area (TPSA) is 51.5 Å². The first kappa shape index (κ1) is 16.9. The lowest BCUT2D eigenvalue weighted by Crippen LogP contribution is -2.42. The molecule has 0 atom stereocenters. The van der Waals surface area contributed by atoms with E-state index in [1.807, 2.05) is 0 Å². The number of methoxy groups -OCH3 is 1. The number of aromatic nitrogens is 1. The average molecular weight is 344 g/mol. The van der Waals surface area contributed by atoms with E-state index in [9.17, 15) is 22.8 Å². The molecule has 2 aliphatic heterocycles. The molecule has 3 rings (SSSR count). The summed E-state index contributed by atoms with van der Waals surface area (Å²) < 4.78 is 45.1. The van der Waals surface area contributed by atoms with Crippen LogP contribution in [-0.2, 0) is 13.0 Å². The number of carbonyl (C=O) groups is 1. The number of hydrogen-bond acceptors (Lipinski definition) is 3. The zero-order valence-electron chi connectivity index (χ0n) is 13.4. The van der Waals surface area contributed by atoms with E-state index in [-0.39, 0.29) is 43.1 Å². The van der Waals surface area contributed by atoms with Gasteiger partial charge in [0.15, 0.2) is 0 Å². The van der Waals surface area contributed by atoms with Crippen LogP contribution in [0.25, 0.3) is 0 Å². The van der Waals surface area contributed by atoms with Gasteiger partial charge in [-0.2, -0.15) is 13.2 Å². The van der Waals surface area contributed by atoms with Crippen molar-refractivity contribution in [3.63, 3.8) is 0 Å². The maximum Gasteiger partial charge on any atom is 0.391 e. The number of likely N-dealkylation sites (tertiary alicyclic amines) is 1. The Kier molecular flexibility index (Phi) is 4.31. The van der Waals surface area contributed by atoms with Gasteiger partial charge in [-0.3, -0.25) is 9.59 Å². The molecule has 0 spiro atoms. The van der Waals surface area contributed by atoms with Crippen molar-refractivity contribution in [2.45, 2.75) is 38.4 Å². The Balaban J connectivity index is 1.87. The van der Waals surface area contributed by atoms with E-state index in [4.69, 9.17) is 4.74 Å². The quantitative estimate of drug-likeness (QED) is 0.827. The SMILES string of the molecule is COc1cc(=O)n2c(c1C(=O)N1CCC(C(F)(F)F)CC1)CCC2. The fourth-order valence-corrected chi connectivity index (χ4v) is 3.54. The molecule has 3 heterocycles. The Hall–Kier alpha value is -1.99. The summed E-state index contributed by atoms with van der Waals surface area (Å²) in [6, 6.07) is 1.28. The average Bonchev–Trinajstić information content (AvgIpc) is 3.03. The molecular formula is C16H19F3N2O3. The number of alkyl halides is 3. The second kappa shape index (κ2) is 6.14. The normalized spacial score (nSPS) is 18.6. The molecule has 0 aliphatic carbocycles. The van der Waals surface area contributed by atoms with Gasteiger partial charge in [0, 0.05) is 31.4 Å². The molecule has 2 aliphatic rings. The molecule has 0 radical (unpaired) electrons. The summed E-state index contributed by atoms with van der Waals surface area (Å²) in [4.78, 5) is 26.3. The van der Waals surface area contributed by atoms with E-state index in [2.05, 4.69) is 0 Å². The van der Waals surface area contributed by atoms with E-state index in [1.165, 1.54) is 18.1 Å². The van der Waals surface area contributed by atoms with E-state index in [1.54, 1.807) is 4.57 Å². The predicted molar refractivity (Wildman–Crippen MR) is 80.3 cm³/mol. The minimum absolute atomic E-state index is 0.0602. The molecule has 1 amide bonds. The number of halogens is 3. The van der Waals surface area contributed by atoms with Gasteiger partial charge in [-0.25, -0.2) is 0 Å². The molecule has 24 heavy (non-hydrogen) atoms. The van der Waals surface area contributed by atoms with Crippen molar-refractivity contribution in [2.24, 2.45) is 5.92 Å². The summed E-state index contributed by atoms with van der Waals surface area (Å²) in [7, 11) is 1.38. The van der Waals surface area contributed by atoms with Gasteiger partial charge in [-0.1, -0.05) is 0 Å². The lowest BCUT2D eigenvalue weighted by Gasteiger charge is -2.33. The zero-order chi connectivity index (χ0) is 17.5. The molecule has 1 saturated heterocycles. The second-order valence-electron chi connectivity index (χ2n) is 6.24. The summed E-state index contributed by atoms with van der Waals surface area (Å²) in [6.45, 7) is 0.671. The van der Waals surface area contributed by atoms with Gasteiger partial charge in [0.25, 0.3) is 11.5 Å². The molecule has 0 saturated carbocycles. The number of ether oxygens (including phenoxy) is 1. The van der Waals surface area contributed by atoms with Crippen LogP contribution in [0.15, 0.2) is 10.9 Å². The summed E-state index contributed by atoms with van der Waals surface area (Å²) in [5.74, 6) is -1.50. The van der Waals surface area contributed by atoms with Crippen LogP contribution in [0.4, 0.5) is 13.2 Å². The number of pyridine rings is 1. The minimum atomic E-state index is -4.21. The van der Waals surface area contributed by atoms with Crippen LogP contribution >= 0.6 is 0 Å². The standard InChI is InChI=1S/C16H19F3N2O3/c1-24-12-9-13(22)21-6-2-3-11(21)14(12)15(23)20-7-4-10(5-8-20)16(17,18)19/h9-10H,2-8H2,1H3. The smallest absolute Gasteiger partial charge is 0.391 e. The van der Waals surface area contributed by atoms with Gasteiger partial charge in [0.1, 0.15) is 11.3 Å². The third kappa shape index (κ3) is 2.89. The first-order valence-electron chi connectivity index (χ1n) is 7.99. The van der Waals surface area contributed by atoms with Crippen LogP contribution in [0.3, 0.4) is 0 Å². The van der Waals surface area contributed by atoms with Crippen molar-refractivity contribution in [3.05, 3.63) is 27.7 Å². The molecule has 1 aromatic heterocycles. The van der Waals surface area contributed by atoms with E-state index in [0.717, 1.165) is 6.42 Å². The van der Waals surface area contributed by atoms with E-state index >= 15 is 0 Å². The molecular weight excluding hydrogens is 325 g/mol. The molecule has 8 heteroatoms. The third-order valence-electron chi connectivity index (χ3n) is 4.86. The Morgan fingerprint density at radius 3 is 2.50 bits per heavy atom. The molecule has 0 aromatic carbocycles. The first-order valence-corrected chi connectivity index (χ1v) is 7.99. The van der Waals surface area contributed by atoms with Gasteiger partial charge >= 0.3 is 6.18 Å². The fraction of sp³-hybridized carbons (Fsp3) is 0.625. The number of nitrogens with zero attached hydrogens (tertiary/aromatic N) is 2. The van der Waals surface area contributed by atoms with Crippen LogP contribution in [0, 0.1) is 5.92 Å². The molecule has 0 bridgehead atoms. The number of fused-ring (bicyclic) bond motifs is 1. The van der Waals surface area contributed by atoms with Gasteiger partial charge in [0.2, 0.25) is 0 Å². The van der Waals surface area contributed by atoms with Crippen molar-refractivity contribution in [2.75, 3.05) is 20.2 Å². The largest absolute Gasteiger partial charge is 0.496 e. The summed E-state index contributed by atoms with van der Waals surface area (Å²) in [6.07, 6.45) is -3.04. The van der Waals surface area contributed by atoms with Crippen LogP contribution in [0.2, 0.25) is 0 Å². The number of piperidine rings is 1. The summed E-state index contributed by atoms with van der Waals surface area (Å²) in [5.41, 5.74) is 0.731. The van der Waals surface area contributed by atoms with Crippen molar-refractivity contribution < 1.29 is 22.7 Å². The molecule has 1 aromatic rings. The van der Waals surface area contributed by atoms with Crippen molar-refractivity contribution in [1.29, 1.82) is 0 Å². The number of hydrogen-bond donors (Lipinski definition) is 0. The first-order chi connectivity index (χ1) is 11.3. The Morgan fingerprint density at radius 2 is 1.92 bits per heavy atom. The highest BCUT2D eigenvalue weighted by molar-refractivity contribution is 5.98. The van der Waals surface area contributed by atoms with E-state index < -0.39 is 12.1 Å². The monoisotopic (exact) mass is 344 g/mol. The second-order valence-corrected chi connectivity index (χ2v) is 6.24. The van der Waals surface area contributed by atoms with Gasteiger partial charge in [-0.05, 0) is 25.7 Å². The Morgan fingerprint density at radius 1 is 1.25 bits per heavy atom. The lowest BCUT2D eigenvalue weighted by atomic mass is 9.95. The zero-order valence-corrected chi connectivity index (χ0v) is 13.4. The van der Waals surface area contributed by atoms with Crippen molar-refractivity contribution in [3.8, 4) is 5.75 Å². The Labute approximate surface area is 137 Å². The third-order valence-corrected chi connectivity index (χ3v) is 4.86. The van der Waals surface area contributed by atoms with Gasteiger partial charge < -0.3 is 14.2 Å². The molecule has 0 unspecified atom stereocenters. The molecule has 132 valence electrons. The highest BCUT2D eigenvalue weighted by Gasteiger charge is 2.42. The molecule has 5 nitrogen and oxygen atoms in total. The van der Waals surface area contributed by atoms with Crippen molar-refractivity contribution >= 4 is 5.91 Å². The highest BCUT2D eigenvalue weighted by atomic mass is 19.4. The Bertz CT molecular complexity index is 704. The maximum absolute atomic E-state index is 12.9. The summed E-state index contributed by atoms with van der Waals surface area (Å²) in [5, 5.41) is 0. The highest BCUT2D eigenvalue weighted by Crippen LogP contribution is 2.35. The van der Waals surface area contributed by atoms with Gasteiger partial charge in [-0.15, -0.1) is 0 Å². The van der Waals surface area contributed by atoms with Crippen LogP contribution < -0.4 is 10.3 Å². The molecule has 0 N–H and O–H groups in total. The predicted octanol–water partition coefficient (Wildman–Crippen LogP) is 2.22. The minimum Gasteiger partial charge on any atom is -0.496 e. The van der Waals surface area contributed by atoms with Gasteiger partial charge in [0.05, 0.1) is 13.0 Å². The van der Waals surface area contributed by atoms with Crippen molar-refractivity contribution in [1.82, 2.24) is 9.47 Å². The van der Waals surface area contributed by atoms with Crippen LogP contribution in [-0.4, -0.2) is 41.7 Å². The summed E-state index contributed by atoms with van der Waals surface area (Å²) >= 11 is 0. The van der Waals surface area contributed by atoms with E-state index in [0.29, 0.717) is 24.2 Å². The fourth-order valence-electron chi connectivity index (χ4n) is 3.54. The molecule has 1 fully saturated rings. The maximum atomic E-state index is 12.9. The van der Waals surface area contributed by atoms with Crippen LogP contribution in [0.5, 0.6) is 5.75 Å². The lowest BCUT2D eigenvalue weighted by molar-refractivity contribution is -0.183. The number of rotatable bonds is 2. The number of carbonyl (C=O) groups excluding carboxylic acids is 1. The van der Waals surface area contributed by atoms with Crippen LogP contribution in [0.1, 0.15) is 35.3 Å².